The van der Waals surface area contributed by atoms with Crippen molar-refractivity contribution in [3.8, 4) is 0 Å². The van der Waals surface area contributed by atoms with Crippen LogP contribution in [0.1, 0.15) is 18.4 Å². The van der Waals surface area contributed by atoms with E-state index in [-0.39, 0.29) is 18.1 Å². The molecule has 0 bridgehead atoms. The van der Waals surface area contributed by atoms with Gasteiger partial charge < -0.3 is 10.4 Å². The van der Waals surface area contributed by atoms with Gasteiger partial charge in [-0.2, -0.15) is 0 Å². The summed E-state index contributed by atoms with van der Waals surface area (Å²) in [6.07, 6.45) is 4.08. The first kappa shape index (κ1) is 13.4. The lowest BCUT2D eigenvalue weighted by Gasteiger charge is -2.31. The van der Waals surface area contributed by atoms with E-state index in [4.69, 9.17) is 28.3 Å². The highest BCUT2D eigenvalue weighted by Gasteiger charge is 2.27. The van der Waals surface area contributed by atoms with Crippen LogP contribution >= 0.6 is 23.2 Å². The van der Waals surface area contributed by atoms with E-state index in [9.17, 15) is 4.79 Å². The molecule has 5 heteroatoms. The van der Waals surface area contributed by atoms with Crippen LogP contribution in [-0.2, 0) is 4.79 Å². The summed E-state index contributed by atoms with van der Waals surface area (Å²) in [5.41, 5.74) is 0.774. The van der Waals surface area contributed by atoms with Gasteiger partial charge in [0.1, 0.15) is 0 Å². The second-order valence-electron chi connectivity index (χ2n) is 4.37. The number of carbonyl (C=O) groups excluding carboxylic acids is 1. The number of halogens is 2. The van der Waals surface area contributed by atoms with Crippen molar-refractivity contribution >= 4 is 35.2 Å². The highest BCUT2D eigenvalue weighted by atomic mass is 35.5. The van der Waals surface area contributed by atoms with Crippen molar-refractivity contribution < 1.29 is 9.90 Å². The fraction of sp³-hybridized carbons (Fsp3) is 0.308. The van der Waals surface area contributed by atoms with Crippen LogP contribution in [0.2, 0.25) is 10.0 Å². The lowest BCUT2D eigenvalue weighted by Crippen LogP contribution is -2.46. The normalized spacial score (nSPS) is 22.8. The van der Waals surface area contributed by atoms with E-state index >= 15 is 0 Å². The molecule has 0 aliphatic heterocycles. The summed E-state index contributed by atoms with van der Waals surface area (Å²) in [4.78, 5) is 11.6. The molecule has 0 atom stereocenters. The van der Waals surface area contributed by atoms with Crippen LogP contribution in [0.25, 0.3) is 6.08 Å². The summed E-state index contributed by atoms with van der Waals surface area (Å²) in [7, 11) is 0. The molecule has 1 aromatic rings. The Labute approximate surface area is 115 Å². The lowest BCUT2D eigenvalue weighted by atomic mass is 9.89. The molecule has 3 nitrogen and oxygen atoms in total. The SMILES string of the molecule is O=C(C=Cc1cc(Cl)cc(Cl)c1)NC1CC(O)C1. The maximum atomic E-state index is 11.6. The number of hydrogen-bond donors (Lipinski definition) is 2. The maximum absolute atomic E-state index is 11.6. The fourth-order valence-corrected chi connectivity index (χ4v) is 2.34. The van der Waals surface area contributed by atoms with Gasteiger partial charge in [-0.25, -0.2) is 0 Å². The monoisotopic (exact) mass is 285 g/mol. The van der Waals surface area contributed by atoms with Crippen LogP contribution in [0.4, 0.5) is 0 Å². The van der Waals surface area contributed by atoms with Gasteiger partial charge in [0.05, 0.1) is 6.10 Å². The molecule has 1 aliphatic carbocycles. The van der Waals surface area contributed by atoms with Crippen LogP contribution < -0.4 is 5.32 Å². The summed E-state index contributed by atoms with van der Waals surface area (Å²) in [5, 5.41) is 13.0. The maximum Gasteiger partial charge on any atom is 0.244 e. The summed E-state index contributed by atoms with van der Waals surface area (Å²) < 4.78 is 0. The molecule has 1 saturated carbocycles. The Balaban J connectivity index is 1.91. The van der Waals surface area contributed by atoms with E-state index in [2.05, 4.69) is 5.32 Å². The number of hydrogen-bond acceptors (Lipinski definition) is 2. The van der Waals surface area contributed by atoms with Gasteiger partial charge >= 0.3 is 0 Å². The Kier molecular flexibility index (Phi) is 4.27. The average molecular weight is 286 g/mol. The summed E-state index contributed by atoms with van der Waals surface area (Å²) in [6.45, 7) is 0. The Morgan fingerprint density at radius 1 is 1.28 bits per heavy atom. The smallest absolute Gasteiger partial charge is 0.244 e. The molecule has 2 N–H and O–H groups in total. The molecule has 2 rings (SSSR count). The van der Waals surface area contributed by atoms with Gasteiger partial charge in [-0.1, -0.05) is 23.2 Å². The van der Waals surface area contributed by atoms with E-state index in [1.807, 2.05) is 0 Å². The molecule has 1 fully saturated rings. The van der Waals surface area contributed by atoms with Crippen LogP contribution in [0, 0.1) is 0 Å². The molecule has 96 valence electrons. The van der Waals surface area contributed by atoms with Gasteiger partial charge in [-0.15, -0.1) is 0 Å². The predicted octanol–water partition coefficient (Wildman–Crippen LogP) is 2.65. The number of carbonyl (C=O) groups is 1. The summed E-state index contributed by atoms with van der Waals surface area (Å²) in [6, 6.07) is 5.17. The lowest BCUT2D eigenvalue weighted by molar-refractivity contribution is -0.118. The van der Waals surface area contributed by atoms with Crippen molar-refractivity contribution in [3.05, 3.63) is 39.9 Å². The minimum absolute atomic E-state index is 0.0834. The number of benzene rings is 1. The van der Waals surface area contributed by atoms with E-state index in [0.29, 0.717) is 22.9 Å². The molecule has 0 radical (unpaired) electrons. The van der Waals surface area contributed by atoms with Crippen molar-refractivity contribution in [2.24, 2.45) is 0 Å². The zero-order chi connectivity index (χ0) is 13.1. The third-order valence-corrected chi connectivity index (χ3v) is 3.21. The van der Waals surface area contributed by atoms with E-state index < -0.39 is 0 Å². The first-order valence-electron chi connectivity index (χ1n) is 5.65. The molecule has 18 heavy (non-hydrogen) atoms. The van der Waals surface area contributed by atoms with Gasteiger partial charge in [0.15, 0.2) is 0 Å². The Bertz CT molecular complexity index is 462. The van der Waals surface area contributed by atoms with Crippen molar-refractivity contribution in [1.82, 2.24) is 5.32 Å². The van der Waals surface area contributed by atoms with Crippen molar-refractivity contribution in [1.29, 1.82) is 0 Å². The Morgan fingerprint density at radius 2 is 1.89 bits per heavy atom. The quantitative estimate of drug-likeness (QED) is 0.839. The number of nitrogens with one attached hydrogen (secondary N) is 1. The standard InChI is InChI=1S/C13H13Cl2NO2/c14-9-3-8(4-10(15)5-9)1-2-13(18)16-11-6-12(17)7-11/h1-5,11-12,17H,6-7H2,(H,16,18). The number of aliphatic hydroxyl groups is 1. The van der Waals surface area contributed by atoms with Gasteiger partial charge in [-0.3, -0.25) is 4.79 Å². The van der Waals surface area contributed by atoms with Gasteiger partial charge in [0, 0.05) is 22.2 Å². The molecule has 0 spiro atoms. The molecular weight excluding hydrogens is 273 g/mol. The second kappa shape index (κ2) is 5.74. The molecule has 1 aromatic carbocycles. The zero-order valence-corrected chi connectivity index (χ0v) is 11.1. The van der Waals surface area contributed by atoms with Crippen LogP contribution in [0.15, 0.2) is 24.3 Å². The highest BCUT2D eigenvalue weighted by molar-refractivity contribution is 6.34. The highest BCUT2D eigenvalue weighted by Crippen LogP contribution is 2.20. The van der Waals surface area contributed by atoms with Gasteiger partial charge in [0.25, 0.3) is 0 Å². The molecule has 0 unspecified atom stereocenters. The Morgan fingerprint density at radius 3 is 2.44 bits per heavy atom. The van der Waals surface area contributed by atoms with E-state index in [1.165, 1.54) is 6.08 Å². The Hall–Kier alpha value is -1.03. The van der Waals surface area contributed by atoms with Gasteiger partial charge in [-0.05, 0) is 42.7 Å². The molecular formula is C13H13Cl2NO2. The molecule has 0 saturated heterocycles. The van der Waals surface area contributed by atoms with Crippen molar-refractivity contribution in [3.63, 3.8) is 0 Å². The summed E-state index contributed by atoms with van der Waals surface area (Å²) >= 11 is 11.7. The average Bonchev–Trinajstić information content (AvgIpc) is 2.23. The summed E-state index contributed by atoms with van der Waals surface area (Å²) in [5.74, 6) is -0.178. The van der Waals surface area contributed by atoms with E-state index in [0.717, 1.165) is 5.56 Å². The predicted molar refractivity (Wildman–Crippen MR) is 72.7 cm³/mol. The molecule has 0 aromatic heterocycles. The number of amides is 1. The minimum atomic E-state index is -0.272. The number of aliphatic hydroxyl groups excluding tert-OH is 1. The number of rotatable bonds is 3. The topological polar surface area (TPSA) is 49.3 Å². The molecule has 1 amide bonds. The molecule has 1 aliphatic rings. The molecule has 0 heterocycles. The first-order valence-corrected chi connectivity index (χ1v) is 6.41. The van der Waals surface area contributed by atoms with Crippen LogP contribution in [0.3, 0.4) is 0 Å². The minimum Gasteiger partial charge on any atom is -0.393 e. The third kappa shape index (κ3) is 3.73. The van der Waals surface area contributed by atoms with Crippen molar-refractivity contribution in [2.45, 2.75) is 25.0 Å². The second-order valence-corrected chi connectivity index (χ2v) is 5.24. The van der Waals surface area contributed by atoms with Crippen LogP contribution in [0.5, 0.6) is 0 Å². The van der Waals surface area contributed by atoms with E-state index in [1.54, 1.807) is 24.3 Å². The fourth-order valence-electron chi connectivity index (χ4n) is 1.80. The zero-order valence-electron chi connectivity index (χ0n) is 9.57. The van der Waals surface area contributed by atoms with Gasteiger partial charge in [0.2, 0.25) is 5.91 Å². The van der Waals surface area contributed by atoms with Crippen LogP contribution in [-0.4, -0.2) is 23.2 Å². The largest absolute Gasteiger partial charge is 0.393 e. The van der Waals surface area contributed by atoms with Crippen molar-refractivity contribution in [2.75, 3.05) is 0 Å². The third-order valence-electron chi connectivity index (χ3n) is 2.77. The first-order chi connectivity index (χ1) is 8.52.